The number of benzene rings is 1. The van der Waals surface area contributed by atoms with Gasteiger partial charge in [0.25, 0.3) is 0 Å². The number of hydrogen-bond donors (Lipinski definition) is 1. The van der Waals surface area contributed by atoms with Crippen molar-refractivity contribution in [3.05, 3.63) is 35.9 Å². The molecule has 1 saturated heterocycles. The Balaban J connectivity index is 2.36. The molecule has 4 heteroatoms. The summed E-state index contributed by atoms with van der Waals surface area (Å²) in [6.45, 7) is 5.25. The molecule has 19 heavy (non-hydrogen) atoms. The van der Waals surface area contributed by atoms with Gasteiger partial charge >= 0.3 is 0 Å². The number of alkyl halides is 1. The van der Waals surface area contributed by atoms with E-state index in [1.54, 1.807) is 0 Å². The highest BCUT2D eigenvalue weighted by atomic mass is 35.5. The molecule has 0 saturated carbocycles. The summed E-state index contributed by atoms with van der Waals surface area (Å²) in [5, 5.41) is 9.52. The van der Waals surface area contributed by atoms with Crippen LogP contribution in [0, 0.1) is 11.3 Å². The Hall–Kier alpha value is -1.08. The Labute approximate surface area is 119 Å². The summed E-state index contributed by atoms with van der Waals surface area (Å²) in [7, 11) is 0. The molecule has 0 spiro atoms. The van der Waals surface area contributed by atoms with E-state index in [1.165, 1.54) is 4.90 Å². The van der Waals surface area contributed by atoms with Crippen LogP contribution in [-0.4, -0.2) is 31.2 Å². The highest BCUT2D eigenvalue weighted by Crippen LogP contribution is 2.32. The third-order valence-corrected chi connectivity index (χ3v) is 4.40. The van der Waals surface area contributed by atoms with E-state index in [2.05, 4.69) is 18.2 Å². The Kier molecular flexibility index (Phi) is 4.81. The van der Waals surface area contributed by atoms with Crippen molar-refractivity contribution in [2.75, 3.05) is 26.3 Å². The topological polar surface area (TPSA) is 37.5 Å². The molecule has 0 aromatic heterocycles. The van der Waals surface area contributed by atoms with Gasteiger partial charge in [-0.1, -0.05) is 48.9 Å². The maximum atomic E-state index is 9.52. The van der Waals surface area contributed by atoms with Crippen LogP contribution >= 0.6 is 11.6 Å². The van der Waals surface area contributed by atoms with Gasteiger partial charge < -0.3 is 9.64 Å². The molecule has 1 aliphatic heterocycles. The van der Waals surface area contributed by atoms with Gasteiger partial charge in [-0.3, -0.25) is 0 Å². The second kappa shape index (κ2) is 6.38. The second-order valence-corrected chi connectivity index (χ2v) is 5.62. The number of nitriles is 1. The quantitative estimate of drug-likeness (QED) is 0.850. The third-order valence-electron chi connectivity index (χ3n) is 3.83. The molecular weight excluding hydrogens is 260 g/mol. The lowest BCUT2D eigenvalue weighted by atomic mass is 9.89. The lowest BCUT2D eigenvalue weighted by Crippen LogP contribution is -3.15. The van der Waals surface area contributed by atoms with Crippen molar-refractivity contribution >= 4 is 11.6 Å². The minimum atomic E-state index is -0.853. The summed E-state index contributed by atoms with van der Waals surface area (Å²) >= 11 is 6.62. The van der Waals surface area contributed by atoms with Crippen molar-refractivity contribution in [2.45, 2.75) is 24.3 Å². The largest absolute Gasteiger partial charge is 0.370 e. The standard InChI is InChI=1S/C15H19ClN2O/c1-2-15(16,12-17)14(13-6-4-3-5-7-13)18-8-10-19-11-9-18/h3-7,14H,2,8-11H2,1H3/p+1/t14-,15+/m0/s1. The minimum Gasteiger partial charge on any atom is -0.370 e. The first-order valence-corrected chi connectivity index (χ1v) is 7.16. The Morgan fingerprint density at radius 1 is 1.37 bits per heavy atom. The molecule has 3 nitrogen and oxygen atoms in total. The molecular formula is C15H20ClN2O+. The molecule has 0 aliphatic carbocycles. The molecule has 1 aliphatic rings. The van der Waals surface area contributed by atoms with E-state index in [9.17, 15) is 5.26 Å². The van der Waals surface area contributed by atoms with Crippen molar-refractivity contribution in [3.8, 4) is 6.07 Å². The summed E-state index contributed by atoms with van der Waals surface area (Å²) in [4.78, 5) is 0.490. The number of nitrogens with zero attached hydrogens (tertiary/aromatic N) is 1. The average Bonchev–Trinajstić information content (AvgIpc) is 2.49. The fourth-order valence-electron chi connectivity index (χ4n) is 2.74. The van der Waals surface area contributed by atoms with Gasteiger partial charge in [0.05, 0.1) is 19.3 Å². The van der Waals surface area contributed by atoms with Crippen LogP contribution in [0.4, 0.5) is 0 Å². The van der Waals surface area contributed by atoms with Crippen LogP contribution in [0.3, 0.4) is 0 Å². The van der Waals surface area contributed by atoms with Gasteiger partial charge in [-0.2, -0.15) is 5.26 Å². The number of rotatable bonds is 4. The van der Waals surface area contributed by atoms with E-state index in [1.807, 2.05) is 25.1 Å². The zero-order valence-corrected chi connectivity index (χ0v) is 12.0. The summed E-state index contributed by atoms with van der Waals surface area (Å²) in [6, 6.07) is 12.5. The minimum absolute atomic E-state index is 0.00531. The molecule has 0 amide bonds. The van der Waals surface area contributed by atoms with Crippen LogP contribution in [0.5, 0.6) is 0 Å². The normalized spacial score (nSPS) is 21.3. The number of ether oxygens (including phenoxy) is 1. The first-order valence-electron chi connectivity index (χ1n) is 6.78. The van der Waals surface area contributed by atoms with E-state index in [0.717, 1.165) is 31.9 Å². The number of hydrogen-bond acceptors (Lipinski definition) is 2. The van der Waals surface area contributed by atoms with Crippen LogP contribution in [-0.2, 0) is 4.74 Å². The van der Waals surface area contributed by atoms with Crippen LogP contribution in [0.15, 0.2) is 30.3 Å². The van der Waals surface area contributed by atoms with Crippen molar-refractivity contribution in [1.29, 1.82) is 5.26 Å². The van der Waals surface area contributed by atoms with Gasteiger partial charge in [-0.15, -0.1) is 0 Å². The summed E-state index contributed by atoms with van der Waals surface area (Å²) in [5.74, 6) is 0. The summed E-state index contributed by atoms with van der Waals surface area (Å²) in [6.07, 6.45) is 0.634. The van der Waals surface area contributed by atoms with Crippen molar-refractivity contribution in [1.82, 2.24) is 0 Å². The highest BCUT2D eigenvalue weighted by Gasteiger charge is 2.44. The average molecular weight is 280 g/mol. The van der Waals surface area contributed by atoms with Crippen molar-refractivity contribution < 1.29 is 9.64 Å². The molecule has 0 radical (unpaired) electrons. The SMILES string of the molecule is CC[C@@](Cl)(C#N)[C@H](c1ccccc1)[NH+]1CCOCC1. The van der Waals surface area contributed by atoms with Crippen molar-refractivity contribution in [3.63, 3.8) is 0 Å². The first-order chi connectivity index (χ1) is 9.21. The van der Waals surface area contributed by atoms with E-state index in [-0.39, 0.29) is 6.04 Å². The fraction of sp³-hybridized carbons (Fsp3) is 0.533. The first kappa shape index (κ1) is 14.3. The van der Waals surface area contributed by atoms with Gasteiger partial charge in [0, 0.05) is 5.56 Å². The van der Waals surface area contributed by atoms with E-state index in [4.69, 9.17) is 16.3 Å². The molecule has 102 valence electrons. The number of quaternary nitrogens is 1. The molecule has 1 aromatic carbocycles. The second-order valence-electron chi connectivity index (χ2n) is 4.94. The zero-order valence-electron chi connectivity index (χ0n) is 11.2. The van der Waals surface area contributed by atoms with Crippen LogP contribution < -0.4 is 4.90 Å². The maximum Gasteiger partial charge on any atom is 0.186 e. The zero-order chi connectivity index (χ0) is 13.7. The summed E-state index contributed by atoms with van der Waals surface area (Å²) in [5.41, 5.74) is 1.14. The van der Waals surface area contributed by atoms with Crippen LogP contribution in [0.2, 0.25) is 0 Å². The molecule has 1 N–H and O–H groups in total. The number of nitrogens with one attached hydrogen (secondary N) is 1. The molecule has 0 unspecified atom stereocenters. The van der Waals surface area contributed by atoms with Gasteiger partial charge in [0.15, 0.2) is 4.87 Å². The Morgan fingerprint density at radius 3 is 2.53 bits per heavy atom. The van der Waals surface area contributed by atoms with Gasteiger partial charge in [-0.25, -0.2) is 0 Å². The number of morpholine rings is 1. The predicted octanol–water partition coefficient (Wildman–Crippen LogP) is 1.55. The number of halogens is 1. The molecule has 0 bridgehead atoms. The van der Waals surface area contributed by atoms with E-state index < -0.39 is 4.87 Å². The van der Waals surface area contributed by atoms with Crippen LogP contribution in [0.1, 0.15) is 24.9 Å². The highest BCUT2D eigenvalue weighted by molar-refractivity contribution is 6.26. The van der Waals surface area contributed by atoms with E-state index >= 15 is 0 Å². The molecule has 2 atom stereocenters. The molecule has 2 rings (SSSR count). The van der Waals surface area contributed by atoms with E-state index in [0.29, 0.717) is 6.42 Å². The van der Waals surface area contributed by atoms with Crippen molar-refractivity contribution in [2.24, 2.45) is 0 Å². The fourth-order valence-corrected chi connectivity index (χ4v) is 3.02. The Bertz CT molecular complexity index is 439. The van der Waals surface area contributed by atoms with Gasteiger partial charge in [-0.05, 0) is 6.42 Å². The smallest absolute Gasteiger partial charge is 0.186 e. The molecule has 1 aromatic rings. The monoisotopic (exact) mass is 279 g/mol. The van der Waals surface area contributed by atoms with Gasteiger partial charge in [0.1, 0.15) is 19.1 Å². The molecule has 1 heterocycles. The summed E-state index contributed by atoms with van der Waals surface area (Å²) < 4.78 is 5.42. The molecule has 1 fully saturated rings. The van der Waals surface area contributed by atoms with Gasteiger partial charge in [0.2, 0.25) is 0 Å². The van der Waals surface area contributed by atoms with Crippen LogP contribution in [0.25, 0.3) is 0 Å². The Morgan fingerprint density at radius 2 is 2.00 bits per heavy atom. The lowest BCUT2D eigenvalue weighted by molar-refractivity contribution is -0.940. The predicted molar refractivity (Wildman–Crippen MR) is 75.2 cm³/mol. The third kappa shape index (κ3) is 3.09. The maximum absolute atomic E-state index is 9.52. The lowest BCUT2D eigenvalue weighted by Gasteiger charge is -2.37.